The summed E-state index contributed by atoms with van der Waals surface area (Å²) >= 11 is 3.47. The van der Waals surface area contributed by atoms with Gasteiger partial charge in [0.1, 0.15) is 0 Å². The maximum atomic E-state index is 11.4. The first-order valence-electron chi connectivity index (χ1n) is 3.67. The Morgan fingerprint density at radius 1 is 1.45 bits per heavy atom. The zero-order valence-electron chi connectivity index (χ0n) is 7.81. The summed E-state index contributed by atoms with van der Waals surface area (Å²) in [6.45, 7) is 5.93. The average molecular weight is 222 g/mol. The average Bonchev–Trinajstić information content (AvgIpc) is 1.82. The van der Waals surface area contributed by atoms with E-state index in [0.717, 1.165) is 0 Å². The van der Waals surface area contributed by atoms with Gasteiger partial charge in [0.05, 0.1) is 5.92 Å². The van der Waals surface area contributed by atoms with Crippen LogP contribution in [-0.4, -0.2) is 29.2 Å². The molecule has 11 heavy (non-hydrogen) atoms. The number of hydrogen-bond acceptors (Lipinski definition) is 1. The first-order valence-corrected chi connectivity index (χ1v) is 4.46. The largest absolute Gasteiger partial charge is 0.349 e. The van der Waals surface area contributed by atoms with Gasteiger partial charge in [-0.05, 0) is 13.8 Å². The zero-order chi connectivity index (χ0) is 9.23. The molecule has 1 amide bonds. The standard InChI is InChI=1S/C8H16BrNO/c1-6(8(2,3)9)7(11)10(4)5/h6H,1-5H3. The molecule has 0 saturated carbocycles. The zero-order valence-corrected chi connectivity index (χ0v) is 9.40. The normalized spacial score (nSPS) is 14.4. The van der Waals surface area contributed by atoms with Crippen LogP contribution in [0.2, 0.25) is 0 Å². The summed E-state index contributed by atoms with van der Waals surface area (Å²) < 4.78 is -0.117. The highest BCUT2D eigenvalue weighted by molar-refractivity contribution is 9.10. The molecule has 0 aromatic heterocycles. The number of nitrogens with zero attached hydrogens (tertiary/aromatic N) is 1. The van der Waals surface area contributed by atoms with E-state index in [9.17, 15) is 4.79 Å². The van der Waals surface area contributed by atoms with Gasteiger partial charge in [-0.15, -0.1) is 0 Å². The van der Waals surface area contributed by atoms with Crippen molar-refractivity contribution < 1.29 is 4.79 Å². The van der Waals surface area contributed by atoms with E-state index in [1.807, 2.05) is 20.8 Å². The van der Waals surface area contributed by atoms with E-state index in [2.05, 4.69) is 15.9 Å². The highest BCUT2D eigenvalue weighted by Crippen LogP contribution is 2.27. The monoisotopic (exact) mass is 221 g/mol. The summed E-state index contributed by atoms with van der Waals surface area (Å²) in [5.74, 6) is 0.171. The second-order valence-electron chi connectivity index (χ2n) is 3.52. The molecule has 0 saturated heterocycles. The number of carbonyl (C=O) groups is 1. The van der Waals surface area contributed by atoms with Crippen LogP contribution in [0.3, 0.4) is 0 Å². The van der Waals surface area contributed by atoms with Gasteiger partial charge in [0.25, 0.3) is 0 Å². The molecule has 66 valence electrons. The van der Waals surface area contributed by atoms with E-state index in [4.69, 9.17) is 0 Å². The summed E-state index contributed by atoms with van der Waals surface area (Å²) in [5.41, 5.74) is 0. The van der Waals surface area contributed by atoms with Gasteiger partial charge in [0, 0.05) is 18.4 Å². The minimum absolute atomic E-state index is 0.0116. The Balaban J connectivity index is 4.26. The minimum atomic E-state index is -0.117. The number of hydrogen-bond donors (Lipinski definition) is 0. The third kappa shape index (κ3) is 3.23. The predicted octanol–water partition coefficient (Wildman–Crippen LogP) is 1.88. The van der Waals surface area contributed by atoms with Crippen molar-refractivity contribution in [1.29, 1.82) is 0 Å². The van der Waals surface area contributed by atoms with Gasteiger partial charge >= 0.3 is 0 Å². The lowest BCUT2D eigenvalue weighted by Crippen LogP contribution is -2.37. The molecule has 0 aromatic rings. The lowest BCUT2D eigenvalue weighted by atomic mass is 9.97. The van der Waals surface area contributed by atoms with Crippen molar-refractivity contribution in [1.82, 2.24) is 4.90 Å². The van der Waals surface area contributed by atoms with E-state index in [-0.39, 0.29) is 16.1 Å². The van der Waals surface area contributed by atoms with Crippen LogP contribution < -0.4 is 0 Å². The van der Waals surface area contributed by atoms with Crippen LogP contribution >= 0.6 is 15.9 Å². The van der Waals surface area contributed by atoms with Crippen LogP contribution in [0, 0.1) is 5.92 Å². The molecule has 0 aliphatic rings. The number of carbonyl (C=O) groups excluding carboxylic acids is 1. The first-order chi connectivity index (χ1) is 4.76. The van der Waals surface area contributed by atoms with Crippen molar-refractivity contribution in [3.63, 3.8) is 0 Å². The summed E-state index contributed by atoms with van der Waals surface area (Å²) in [6.07, 6.45) is 0. The maximum Gasteiger partial charge on any atom is 0.226 e. The van der Waals surface area contributed by atoms with Gasteiger partial charge in [-0.25, -0.2) is 0 Å². The van der Waals surface area contributed by atoms with Crippen molar-refractivity contribution in [3.8, 4) is 0 Å². The summed E-state index contributed by atoms with van der Waals surface area (Å²) in [4.78, 5) is 13.0. The van der Waals surface area contributed by atoms with Crippen LogP contribution in [0.4, 0.5) is 0 Å². The Bertz CT molecular complexity index is 149. The topological polar surface area (TPSA) is 20.3 Å². The van der Waals surface area contributed by atoms with Crippen molar-refractivity contribution in [2.24, 2.45) is 5.92 Å². The molecule has 0 radical (unpaired) electrons. The third-order valence-electron chi connectivity index (χ3n) is 1.84. The van der Waals surface area contributed by atoms with Crippen molar-refractivity contribution in [2.75, 3.05) is 14.1 Å². The maximum absolute atomic E-state index is 11.4. The van der Waals surface area contributed by atoms with Gasteiger partial charge < -0.3 is 4.90 Å². The van der Waals surface area contributed by atoms with Crippen molar-refractivity contribution in [3.05, 3.63) is 0 Å². The Hall–Kier alpha value is -0.0500. The lowest BCUT2D eigenvalue weighted by molar-refractivity contribution is -0.133. The van der Waals surface area contributed by atoms with E-state index in [1.165, 1.54) is 0 Å². The van der Waals surface area contributed by atoms with Gasteiger partial charge in [-0.1, -0.05) is 22.9 Å². The van der Waals surface area contributed by atoms with Crippen LogP contribution in [0.1, 0.15) is 20.8 Å². The van der Waals surface area contributed by atoms with Gasteiger partial charge in [0.2, 0.25) is 5.91 Å². The van der Waals surface area contributed by atoms with E-state index in [1.54, 1.807) is 19.0 Å². The second kappa shape index (κ2) is 3.57. The third-order valence-corrected chi connectivity index (χ3v) is 2.53. The fraction of sp³-hybridized carbons (Fsp3) is 0.875. The summed E-state index contributed by atoms with van der Waals surface area (Å²) in [7, 11) is 3.55. The molecule has 0 spiro atoms. The highest BCUT2D eigenvalue weighted by Gasteiger charge is 2.29. The highest BCUT2D eigenvalue weighted by atomic mass is 79.9. The number of rotatable bonds is 2. The molecule has 2 nitrogen and oxygen atoms in total. The van der Waals surface area contributed by atoms with Gasteiger partial charge in [-0.2, -0.15) is 0 Å². The molecular formula is C8H16BrNO. The fourth-order valence-corrected chi connectivity index (χ4v) is 0.877. The Morgan fingerprint density at radius 3 is 1.91 bits per heavy atom. The quantitative estimate of drug-likeness (QED) is 0.653. The SMILES string of the molecule is CC(C(=O)N(C)C)C(C)(C)Br. The summed E-state index contributed by atoms with van der Waals surface area (Å²) in [5, 5.41) is 0. The van der Waals surface area contributed by atoms with Gasteiger partial charge in [0.15, 0.2) is 0 Å². The van der Waals surface area contributed by atoms with Crippen LogP contribution in [0.15, 0.2) is 0 Å². The molecule has 0 aliphatic heterocycles. The molecule has 0 bridgehead atoms. The molecule has 0 aliphatic carbocycles. The van der Waals surface area contributed by atoms with Crippen molar-refractivity contribution in [2.45, 2.75) is 25.1 Å². The minimum Gasteiger partial charge on any atom is -0.349 e. The Kier molecular flexibility index (Phi) is 3.55. The number of amides is 1. The molecule has 0 N–H and O–H groups in total. The van der Waals surface area contributed by atoms with Gasteiger partial charge in [-0.3, -0.25) is 4.79 Å². The Labute approximate surface area is 77.1 Å². The molecule has 0 aromatic carbocycles. The van der Waals surface area contributed by atoms with Crippen molar-refractivity contribution >= 4 is 21.8 Å². The molecule has 0 rings (SSSR count). The molecule has 3 heteroatoms. The van der Waals surface area contributed by atoms with Crippen LogP contribution in [0.5, 0.6) is 0 Å². The van der Waals surface area contributed by atoms with E-state index < -0.39 is 0 Å². The predicted molar refractivity (Wildman–Crippen MR) is 50.9 cm³/mol. The molecule has 1 atom stereocenters. The fourth-order valence-electron chi connectivity index (χ4n) is 0.681. The number of halogens is 1. The van der Waals surface area contributed by atoms with E-state index >= 15 is 0 Å². The molecule has 0 fully saturated rings. The molecule has 0 heterocycles. The van der Waals surface area contributed by atoms with Crippen LogP contribution in [-0.2, 0) is 4.79 Å². The lowest BCUT2D eigenvalue weighted by Gasteiger charge is -2.26. The van der Waals surface area contributed by atoms with E-state index in [0.29, 0.717) is 0 Å². The Morgan fingerprint density at radius 2 is 1.82 bits per heavy atom. The smallest absolute Gasteiger partial charge is 0.226 e. The molecular weight excluding hydrogens is 206 g/mol. The number of alkyl halides is 1. The second-order valence-corrected chi connectivity index (χ2v) is 5.56. The first kappa shape index (κ1) is 11.0. The van der Waals surface area contributed by atoms with Crippen LogP contribution in [0.25, 0.3) is 0 Å². The molecule has 1 unspecified atom stereocenters. The summed E-state index contributed by atoms with van der Waals surface area (Å²) in [6, 6.07) is 0.